The molecule has 1 heterocycles. The Morgan fingerprint density at radius 3 is 2.69 bits per heavy atom. The van der Waals surface area contributed by atoms with Crippen molar-refractivity contribution in [3.05, 3.63) is 52.5 Å². The van der Waals surface area contributed by atoms with Crippen LogP contribution in [0.15, 0.2) is 41.0 Å². The summed E-state index contributed by atoms with van der Waals surface area (Å²) in [6, 6.07) is 8.27. The molecular formula is C12H7BrFNO. The SMILES string of the molecule is O=Cc1ccc(-c2cccc(Br)c2F)cn1. The molecule has 2 aromatic rings. The highest BCUT2D eigenvalue weighted by atomic mass is 79.9. The van der Waals surface area contributed by atoms with Gasteiger partial charge in [-0.05, 0) is 28.1 Å². The van der Waals surface area contributed by atoms with Crippen LogP contribution in [0.4, 0.5) is 4.39 Å². The van der Waals surface area contributed by atoms with Gasteiger partial charge in [0, 0.05) is 17.3 Å². The van der Waals surface area contributed by atoms with E-state index in [1.165, 1.54) is 6.20 Å². The summed E-state index contributed by atoms with van der Waals surface area (Å²) in [5, 5.41) is 0. The molecule has 2 nitrogen and oxygen atoms in total. The van der Waals surface area contributed by atoms with E-state index in [9.17, 15) is 9.18 Å². The van der Waals surface area contributed by atoms with Crippen molar-refractivity contribution in [1.82, 2.24) is 4.98 Å². The van der Waals surface area contributed by atoms with E-state index in [0.29, 0.717) is 27.6 Å². The van der Waals surface area contributed by atoms with Crippen LogP contribution in [0.2, 0.25) is 0 Å². The van der Waals surface area contributed by atoms with Crippen LogP contribution in [0.1, 0.15) is 10.5 Å². The molecule has 1 aromatic carbocycles. The average molecular weight is 280 g/mol. The molecule has 0 aliphatic heterocycles. The molecule has 0 fully saturated rings. The number of hydrogen-bond donors (Lipinski definition) is 0. The molecule has 16 heavy (non-hydrogen) atoms. The van der Waals surface area contributed by atoms with E-state index in [1.54, 1.807) is 30.3 Å². The van der Waals surface area contributed by atoms with E-state index < -0.39 is 0 Å². The van der Waals surface area contributed by atoms with Gasteiger partial charge in [0.05, 0.1) is 4.47 Å². The van der Waals surface area contributed by atoms with E-state index in [0.717, 1.165) is 0 Å². The molecule has 4 heteroatoms. The van der Waals surface area contributed by atoms with Crippen LogP contribution in [0.25, 0.3) is 11.1 Å². The Morgan fingerprint density at radius 1 is 1.25 bits per heavy atom. The van der Waals surface area contributed by atoms with Gasteiger partial charge in [-0.3, -0.25) is 9.78 Å². The van der Waals surface area contributed by atoms with E-state index in [-0.39, 0.29) is 5.82 Å². The number of pyridine rings is 1. The van der Waals surface area contributed by atoms with Crippen molar-refractivity contribution in [2.45, 2.75) is 0 Å². The number of benzene rings is 1. The fourth-order valence-electron chi connectivity index (χ4n) is 1.36. The maximum absolute atomic E-state index is 13.7. The lowest BCUT2D eigenvalue weighted by molar-refractivity contribution is 0.111. The predicted molar refractivity (Wildman–Crippen MR) is 62.7 cm³/mol. The largest absolute Gasteiger partial charge is 0.296 e. The summed E-state index contributed by atoms with van der Waals surface area (Å²) in [6.45, 7) is 0. The molecule has 0 saturated carbocycles. The number of halogens is 2. The lowest BCUT2D eigenvalue weighted by Crippen LogP contribution is -1.89. The lowest BCUT2D eigenvalue weighted by atomic mass is 10.1. The van der Waals surface area contributed by atoms with E-state index >= 15 is 0 Å². The van der Waals surface area contributed by atoms with Crippen LogP contribution in [-0.2, 0) is 0 Å². The minimum absolute atomic E-state index is 0.330. The first-order chi connectivity index (χ1) is 7.72. The van der Waals surface area contributed by atoms with Gasteiger partial charge in [0.1, 0.15) is 11.5 Å². The van der Waals surface area contributed by atoms with Gasteiger partial charge in [0.25, 0.3) is 0 Å². The first-order valence-electron chi connectivity index (χ1n) is 4.58. The van der Waals surface area contributed by atoms with E-state index in [2.05, 4.69) is 20.9 Å². The molecule has 0 atom stereocenters. The van der Waals surface area contributed by atoms with Gasteiger partial charge >= 0.3 is 0 Å². The van der Waals surface area contributed by atoms with Gasteiger partial charge in [0.15, 0.2) is 6.29 Å². The van der Waals surface area contributed by atoms with Crippen LogP contribution in [0.5, 0.6) is 0 Å². The van der Waals surface area contributed by atoms with Crippen molar-refractivity contribution in [1.29, 1.82) is 0 Å². The zero-order valence-corrected chi connectivity index (χ0v) is 9.74. The maximum Gasteiger partial charge on any atom is 0.168 e. The average Bonchev–Trinajstić information content (AvgIpc) is 2.33. The minimum atomic E-state index is -0.330. The smallest absolute Gasteiger partial charge is 0.168 e. The third-order valence-corrected chi connectivity index (χ3v) is 2.78. The van der Waals surface area contributed by atoms with E-state index in [1.807, 2.05) is 0 Å². The van der Waals surface area contributed by atoms with Crippen molar-refractivity contribution in [3.8, 4) is 11.1 Å². The second kappa shape index (κ2) is 4.53. The number of aldehydes is 1. The molecule has 80 valence electrons. The van der Waals surface area contributed by atoms with Crippen molar-refractivity contribution in [3.63, 3.8) is 0 Å². The normalized spacial score (nSPS) is 10.1. The fourth-order valence-corrected chi connectivity index (χ4v) is 1.73. The van der Waals surface area contributed by atoms with Crippen LogP contribution >= 0.6 is 15.9 Å². The highest BCUT2D eigenvalue weighted by molar-refractivity contribution is 9.10. The minimum Gasteiger partial charge on any atom is -0.296 e. The lowest BCUT2D eigenvalue weighted by Gasteiger charge is -2.04. The highest BCUT2D eigenvalue weighted by Crippen LogP contribution is 2.27. The van der Waals surface area contributed by atoms with E-state index in [4.69, 9.17) is 0 Å². The molecule has 0 spiro atoms. The van der Waals surface area contributed by atoms with Gasteiger partial charge in [-0.1, -0.05) is 18.2 Å². The number of aromatic nitrogens is 1. The quantitative estimate of drug-likeness (QED) is 0.788. The Kier molecular flexibility index (Phi) is 3.10. The summed E-state index contributed by atoms with van der Waals surface area (Å²) in [4.78, 5) is 14.3. The molecule has 0 amide bonds. The zero-order chi connectivity index (χ0) is 11.5. The van der Waals surface area contributed by atoms with Crippen LogP contribution in [-0.4, -0.2) is 11.3 Å². The Balaban J connectivity index is 2.50. The van der Waals surface area contributed by atoms with Gasteiger partial charge in [-0.15, -0.1) is 0 Å². The Bertz CT molecular complexity index is 525. The number of hydrogen-bond acceptors (Lipinski definition) is 2. The topological polar surface area (TPSA) is 30.0 Å². The van der Waals surface area contributed by atoms with Gasteiger partial charge in [-0.25, -0.2) is 4.39 Å². The van der Waals surface area contributed by atoms with Gasteiger partial charge in [0.2, 0.25) is 0 Å². The Hall–Kier alpha value is -1.55. The number of carbonyl (C=O) groups is 1. The van der Waals surface area contributed by atoms with Gasteiger partial charge in [-0.2, -0.15) is 0 Å². The summed E-state index contributed by atoms with van der Waals surface area (Å²) in [5.41, 5.74) is 1.43. The third-order valence-electron chi connectivity index (χ3n) is 2.17. The maximum atomic E-state index is 13.7. The Morgan fingerprint density at radius 2 is 2.06 bits per heavy atom. The third kappa shape index (κ3) is 2.02. The van der Waals surface area contributed by atoms with Crippen LogP contribution < -0.4 is 0 Å². The summed E-state index contributed by atoms with van der Waals surface area (Å²) >= 11 is 3.12. The number of carbonyl (C=O) groups excluding carboxylic acids is 1. The molecule has 0 bridgehead atoms. The molecule has 1 aromatic heterocycles. The molecule has 0 aliphatic rings. The van der Waals surface area contributed by atoms with Crippen molar-refractivity contribution >= 4 is 22.2 Å². The highest BCUT2D eigenvalue weighted by Gasteiger charge is 2.08. The molecule has 2 rings (SSSR count). The van der Waals surface area contributed by atoms with Crippen molar-refractivity contribution in [2.24, 2.45) is 0 Å². The molecule has 0 unspecified atom stereocenters. The zero-order valence-electron chi connectivity index (χ0n) is 8.15. The predicted octanol–water partition coefficient (Wildman–Crippen LogP) is 3.46. The summed E-state index contributed by atoms with van der Waals surface area (Å²) in [7, 11) is 0. The molecule has 0 radical (unpaired) electrons. The summed E-state index contributed by atoms with van der Waals surface area (Å²) < 4.78 is 14.1. The van der Waals surface area contributed by atoms with Crippen LogP contribution in [0, 0.1) is 5.82 Å². The van der Waals surface area contributed by atoms with Gasteiger partial charge < -0.3 is 0 Å². The second-order valence-corrected chi connectivity index (χ2v) is 4.05. The first kappa shape index (κ1) is 11.0. The summed E-state index contributed by atoms with van der Waals surface area (Å²) in [5.74, 6) is -0.330. The molecule has 0 N–H and O–H groups in total. The van der Waals surface area contributed by atoms with Crippen LogP contribution in [0.3, 0.4) is 0 Å². The number of rotatable bonds is 2. The number of nitrogens with zero attached hydrogens (tertiary/aromatic N) is 1. The standard InChI is InChI=1S/C12H7BrFNO/c13-11-3-1-2-10(12(11)14)8-4-5-9(7-16)15-6-8/h1-7H. The molecule has 0 aliphatic carbocycles. The second-order valence-electron chi connectivity index (χ2n) is 3.19. The summed E-state index contributed by atoms with van der Waals surface area (Å²) in [6.07, 6.45) is 2.13. The molecular weight excluding hydrogens is 273 g/mol. The van der Waals surface area contributed by atoms with Crippen molar-refractivity contribution in [2.75, 3.05) is 0 Å². The monoisotopic (exact) mass is 279 g/mol. The molecule has 0 saturated heterocycles. The first-order valence-corrected chi connectivity index (χ1v) is 5.37. The van der Waals surface area contributed by atoms with Crippen molar-refractivity contribution < 1.29 is 9.18 Å². The fraction of sp³-hybridized carbons (Fsp3) is 0. The Labute approximate surface area is 100 Å².